The maximum atomic E-state index is 10.6. The molecule has 0 aromatic rings. The Hall–Kier alpha value is -1.33. The smallest absolute Gasteiger partial charge is 0.329 e. The van der Waals surface area contributed by atoms with Gasteiger partial charge in [-0.3, -0.25) is 0 Å². The molecule has 2 aliphatic rings. The first kappa shape index (κ1) is 22.0. The average Bonchev–Trinajstić information content (AvgIpc) is 3.12. The van der Waals surface area contributed by atoms with E-state index in [1.165, 1.54) is 24.8 Å². The van der Waals surface area contributed by atoms with Gasteiger partial charge in [0.15, 0.2) is 0 Å². The Bertz CT molecular complexity index is 539. The molecule has 0 aromatic carbocycles. The van der Waals surface area contributed by atoms with Crippen LogP contribution in [0.4, 0.5) is 0 Å². The van der Waals surface area contributed by atoms with Crippen molar-refractivity contribution in [3.8, 4) is 0 Å². The van der Waals surface area contributed by atoms with E-state index >= 15 is 0 Å². The zero-order chi connectivity index (χ0) is 19.8. The molecule has 3 N–H and O–H groups in total. The summed E-state index contributed by atoms with van der Waals surface area (Å²) < 4.78 is 5.13. The van der Waals surface area contributed by atoms with Gasteiger partial charge < -0.3 is 20.1 Å². The van der Waals surface area contributed by atoms with Crippen LogP contribution in [-0.4, -0.2) is 40.6 Å². The molecule has 1 unspecified atom stereocenters. The molecule has 0 radical (unpaired) electrons. The molecule has 154 valence electrons. The zero-order valence-corrected chi connectivity index (χ0v) is 16.8. The Kier molecular flexibility index (Phi) is 8.84. The Labute approximate surface area is 163 Å². The van der Waals surface area contributed by atoms with E-state index in [2.05, 4.69) is 19.9 Å². The number of carboxylic acids is 1. The van der Waals surface area contributed by atoms with Gasteiger partial charge in [0.05, 0.1) is 18.5 Å². The highest BCUT2D eigenvalue weighted by molar-refractivity contribution is 5.67. The number of carbonyl (C=O) groups is 1. The minimum Gasteiger partial charge on any atom is -0.512 e. The monoisotopic (exact) mass is 380 g/mol. The predicted octanol–water partition coefficient (Wildman–Crippen LogP) is 4.47. The highest BCUT2D eigenvalue weighted by atomic mass is 16.5. The molecule has 1 saturated carbocycles. The molecular formula is C22H36O5. The van der Waals surface area contributed by atoms with Gasteiger partial charge in [0, 0.05) is 5.92 Å². The number of allylic oxidation sites excluding steroid dienone is 2. The molecule has 0 heterocycles. The normalized spacial score (nSPS) is 28.9. The van der Waals surface area contributed by atoms with Gasteiger partial charge in [-0.1, -0.05) is 44.8 Å². The molecule has 0 spiro atoms. The highest BCUT2D eigenvalue weighted by Gasteiger charge is 2.46. The maximum absolute atomic E-state index is 10.6. The maximum Gasteiger partial charge on any atom is 0.329 e. The van der Waals surface area contributed by atoms with Crippen LogP contribution in [0.15, 0.2) is 23.5 Å². The quantitative estimate of drug-likeness (QED) is 0.264. The number of unbranched alkanes of at least 4 members (excludes halogenated alkanes) is 1. The summed E-state index contributed by atoms with van der Waals surface area (Å²) in [6, 6.07) is 0. The minimum atomic E-state index is -0.950. The fourth-order valence-corrected chi connectivity index (χ4v) is 4.59. The van der Waals surface area contributed by atoms with E-state index < -0.39 is 12.1 Å². The molecule has 0 amide bonds. The van der Waals surface area contributed by atoms with Crippen molar-refractivity contribution in [2.24, 2.45) is 23.7 Å². The molecule has 1 fully saturated rings. The van der Waals surface area contributed by atoms with Gasteiger partial charge in [-0.15, -0.1) is 0 Å². The fraction of sp³-hybridized carbons (Fsp3) is 0.773. The summed E-state index contributed by atoms with van der Waals surface area (Å²) >= 11 is 0. The van der Waals surface area contributed by atoms with Crippen molar-refractivity contribution in [3.05, 3.63) is 23.5 Å². The van der Waals surface area contributed by atoms with Crippen molar-refractivity contribution in [2.75, 3.05) is 13.2 Å². The van der Waals surface area contributed by atoms with Gasteiger partial charge >= 0.3 is 5.97 Å². The van der Waals surface area contributed by atoms with Gasteiger partial charge in [-0.05, 0) is 55.9 Å². The van der Waals surface area contributed by atoms with Gasteiger partial charge in [0.25, 0.3) is 0 Å². The fourth-order valence-electron chi connectivity index (χ4n) is 4.59. The lowest BCUT2D eigenvalue weighted by Gasteiger charge is -2.19. The molecular weight excluding hydrogens is 344 g/mol. The Morgan fingerprint density at radius 2 is 2.15 bits per heavy atom. The van der Waals surface area contributed by atoms with E-state index in [1.807, 2.05) is 6.08 Å². The number of rotatable bonds is 12. The molecule has 2 rings (SSSR count). The summed E-state index contributed by atoms with van der Waals surface area (Å²) in [7, 11) is 0. The molecule has 5 nitrogen and oxygen atoms in total. The topological polar surface area (TPSA) is 87.0 Å². The molecule has 2 aliphatic carbocycles. The number of aliphatic hydroxyl groups excluding tert-OH is 2. The minimum absolute atomic E-state index is 0.184. The summed E-state index contributed by atoms with van der Waals surface area (Å²) in [6.07, 6.45) is 11.6. The molecule has 27 heavy (non-hydrogen) atoms. The summed E-state index contributed by atoms with van der Waals surface area (Å²) in [5.74, 6) is 0.422. The molecule has 0 saturated heterocycles. The van der Waals surface area contributed by atoms with Crippen molar-refractivity contribution in [1.29, 1.82) is 0 Å². The second kappa shape index (κ2) is 10.9. The van der Waals surface area contributed by atoms with Crippen LogP contribution in [0.25, 0.3) is 0 Å². The first-order chi connectivity index (χ1) is 12.9. The van der Waals surface area contributed by atoms with Gasteiger partial charge in [-0.2, -0.15) is 0 Å². The van der Waals surface area contributed by atoms with Crippen LogP contribution in [0.1, 0.15) is 65.2 Å². The van der Waals surface area contributed by atoms with Crippen molar-refractivity contribution in [3.63, 3.8) is 0 Å². The van der Waals surface area contributed by atoms with E-state index in [0.717, 1.165) is 32.1 Å². The zero-order valence-electron chi connectivity index (χ0n) is 16.8. The number of hydrogen-bond donors (Lipinski definition) is 3. The van der Waals surface area contributed by atoms with Crippen LogP contribution in [-0.2, 0) is 9.53 Å². The Balaban J connectivity index is 1.84. The van der Waals surface area contributed by atoms with Gasteiger partial charge in [-0.25, -0.2) is 4.79 Å². The van der Waals surface area contributed by atoms with Crippen molar-refractivity contribution < 1.29 is 24.9 Å². The Morgan fingerprint density at radius 3 is 2.85 bits per heavy atom. The van der Waals surface area contributed by atoms with E-state index in [4.69, 9.17) is 9.84 Å². The number of hydrogen-bond acceptors (Lipinski definition) is 4. The van der Waals surface area contributed by atoms with E-state index in [0.29, 0.717) is 24.2 Å². The third-order valence-electron chi connectivity index (χ3n) is 6.07. The number of aliphatic hydroxyl groups is 2. The van der Waals surface area contributed by atoms with Crippen LogP contribution < -0.4 is 0 Å². The summed E-state index contributed by atoms with van der Waals surface area (Å²) in [5.41, 5.74) is 1.26. The van der Waals surface area contributed by atoms with Gasteiger partial charge in [0.1, 0.15) is 6.61 Å². The third-order valence-corrected chi connectivity index (χ3v) is 6.07. The number of carboxylic acid groups (broad SMARTS) is 1. The number of fused-ring (bicyclic) bond motifs is 1. The Morgan fingerprint density at radius 1 is 1.37 bits per heavy atom. The lowest BCUT2D eigenvalue weighted by molar-refractivity contribution is -0.142. The highest BCUT2D eigenvalue weighted by Crippen LogP contribution is 2.49. The first-order valence-electron chi connectivity index (χ1n) is 10.5. The van der Waals surface area contributed by atoms with Crippen LogP contribution in [0, 0.1) is 23.7 Å². The predicted molar refractivity (Wildman–Crippen MR) is 106 cm³/mol. The SMILES string of the molecule is CCCCC(C)CCC=C(O)[C@H]1[C@@H]2C=C(CCOCC(=O)O)C[C@@H]2C[C@@H]1O. The average molecular weight is 381 g/mol. The van der Waals surface area contributed by atoms with Crippen LogP contribution in [0.5, 0.6) is 0 Å². The van der Waals surface area contributed by atoms with Crippen molar-refractivity contribution in [2.45, 2.75) is 71.3 Å². The molecule has 5 heteroatoms. The second-order valence-corrected chi connectivity index (χ2v) is 8.35. The second-order valence-electron chi connectivity index (χ2n) is 8.35. The lowest BCUT2D eigenvalue weighted by Crippen LogP contribution is -2.20. The number of ether oxygens (including phenoxy) is 1. The molecule has 0 aliphatic heterocycles. The lowest BCUT2D eigenvalue weighted by atomic mass is 9.89. The number of aliphatic carboxylic acids is 1. The van der Waals surface area contributed by atoms with Crippen molar-refractivity contribution >= 4 is 5.97 Å². The molecule has 5 atom stereocenters. The van der Waals surface area contributed by atoms with E-state index in [1.54, 1.807) is 0 Å². The van der Waals surface area contributed by atoms with Crippen LogP contribution >= 0.6 is 0 Å². The molecule has 0 aromatic heterocycles. The van der Waals surface area contributed by atoms with E-state index in [9.17, 15) is 15.0 Å². The van der Waals surface area contributed by atoms with Crippen LogP contribution in [0.2, 0.25) is 0 Å². The summed E-state index contributed by atoms with van der Waals surface area (Å²) in [4.78, 5) is 10.5. The first-order valence-corrected chi connectivity index (χ1v) is 10.5. The largest absolute Gasteiger partial charge is 0.512 e. The van der Waals surface area contributed by atoms with Crippen LogP contribution in [0.3, 0.4) is 0 Å². The standard InChI is InChI=1S/C22H36O5/c1-3-4-6-15(2)7-5-8-19(23)22-18-12-16(9-10-27-14-21(25)26)11-17(18)13-20(22)24/h8,12,15,17-18,20,22-24H,3-7,9-11,13-14H2,1-2H3,(H,25,26)/t15?,17-,18-,20+,22-/m1/s1. The summed E-state index contributed by atoms with van der Waals surface area (Å²) in [6.45, 7) is 4.61. The molecule has 0 bridgehead atoms. The summed E-state index contributed by atoms with van der Waals surface area (Å²) in [5, 5.41) is 29.6. The van der Waals surface area contributed by atoms with Gasteiger partial charge in [0.2, 0.25) is 0 Å². The third kappa shape index (κ3) is 6.65. The van der Waals surface area contributed by atoms with E-state index in [-0.39, 0.29) is 18.4 Å². The van der Waals surface area contributed by atoms with Crippen molar-refractivity contribution in [1.82, 2.24) is 0 Å².